The largest absolute Gasteiger partial charge is 0.487 e. The van der Waals surface area contributed by atoms with Crippen molar-refractivity contribution in [2.45, 2.75) is 6.61 Å². The van der Waals surface area contributed by atoms with Gasteiger partial charge < -0.3 is 4.74 Å². The van der Waals surface area contributed by atoms with Crippen molar-refractivity contribution in [3.8, 4) is 5.75 Å². The Morgan fingerprint density at radius 3 is 2.44 bits per heavy atom. The molecule has 1 aliphatic rings. The number of urea groups is 1. The van der Waals surface area contributed by atoms with E-state index in [1.165, 1.54) is 18.2 Å². The smallest absolute Gasteiger partial charge is 0.335 e. The lowest BCUT2D eigenvalue weighted by Crippen LogP contribution is -2.54. The van der Waals surface area contributed by atoms with Gasteiger partial charge in [-0.25, -0.2) is 14.1 Å². The van der Waals surface area contributed by atoms with Crippen LogP contribution in [0.3, 0.4) is 0 Å². The summed E-state index contributed by atoms with van der Waals surface area (Å²) in [5.41, 5.74) is 0.974. The predicted molar refractivity (Wildman–Crippen MR) is 133 cm³/mol. The topological polar surface area (TPSA) is 75.7 Å². The summed E-state index contributed by atoms with van der Waals surface area (Å²) in [7, 11) is 0. The molecule has 172 valence electrons. The Labute approximate surface area is 215 Å². The average Bonchev–Trinajstić information content (AvgIpc) is 2.78. The normalized spacial score (nSPS) is 15.0. The van der Waals surface area contributed by atoms with Gasteiger partial charge >= 0.3 is 6.03 Å². The van der Waals surface area contributed by atoms with Crippen molar-refractivity contribution in [1.82, 2.24) is 5.32 Å². The molecule has 6 nitrogen and oxygen atoms in total. The van der Waals surface area contributed by atoms with E-state index in [4.69, 9.17) is 16.3 Å². The van der Waals surface area contributed by atoms with Crippen LogP contribution in [0.4, 0.5) is 14.9 Å². The summed E-state index contributed by atoms with van der Waals surface area (Å²) < 4.78 is 20.5. The molecule has 0 unspecified atom stereocenters. The van der Waals surface area contributed by atoms with E-state index >= 15 is 0 Å². The van der Waals surface area contributed by atoms with Crippen LogP contribution in [0.15, 0.2) is 75.2 Å². The molecule has 1 heterocycles. The summed E-state index contributed by atoms with van der Waals surface area (Å²) in [4.78, 5) is 38.8. The number of ether oxygens (including phenoxy) is 1. The molecule has 0 radical (unpaired) electrons. The van der Waals surface area contributed by atoms with E-state index in [0.717, 1.165) is 22.6 Å². The van der Waals surface area contributed by atoms with E-state index in [9.17, 15) is 18.8 Å². The molecule has 4 rings (SSSR count). The van der Waals surface area contributed by atoms with Gasteiger partial charge in [-0.15, -0.1) is 0 Å². The number of halogens is 4. The Balaban J connectivity index is 1.72. The van der Waals surface area contributed by atoms with Gasteiger partial charge in [0.1, 0.15) is 23.7 Å². The van der Waals surface area contributed by atoms with Crippen molar-refractivity contribution in [3.63, 3.8) is 0 Å². The molecule has 3 aromatic carbocycles. The fourth-order valence-corrected chi connectivity index (χ4v) is 4.81. The summed E-state index contributed by atoms with van der Waals surface area (Å²) in [5, 5.41) is 2.67. The first-order chi connectivity index (χ1) is 16.2. The number of rotatable bonds is 5. The second kappa shape index (κ2) is 10.1. The number of hydrogen-bond acceptors (Lipinski definition) is 4. The highest BCUT2D eigenvalue weighted by Gasteiger charge is 2.37. The van der Waals surface area contributed by atoms with Crippen LogP contribution in [-0.4, -0.2) is 17.8 Å². The van der Waals surface area contributed by atoms with Crippen molar-refractivity contribution >= 4 is 73.1 Å². The van der Waals surface area contributed by atoms with Gasteiger partial charge in [0.15, 0.2) is 0 Å². The van der Waals surface area contributed by atoms with E-state index in [1.807, 2.05) is 12.1 Å². The molecule has 4 amide bonds. The zero-order chi connectivity index (χ0) is 24.4. The molecule has 10 heteroatoms. The third-order valence-electron chi connectivity index (χ3n) is 4.85. The maximum absolute atomic E-state index is 13.3. The van der Waals surface area contributed by atoms with Crippen LogP contribution < -0.4 is 15.0 Å². The van der Waals surface area contributed by atoms with Gasteiger partial charge in [-0.2, -0.15) is 0 Å². The minimum atomic E-state index is -0.927. The molecule has 1 N–H and O–H groups in total. The van der Waals surface area contributed by atoms with E-state index in [-0.39, 0.29) is 17.9 Å². The quantitative estimate of drug-likeness (QED) is 0.275. The molecule has 3 aromatic rings. The second-order valence-electron chi connectivity index (χ2n) is 7.12. The lowest BCUT2D eigenvalue weighted by atomic mass is 10.1. The standard InChI is InChI=1S/C24H14Br2ClFN2O4/c25-15-9-14(21(19(26)11-15)34-12-13-3-1-2-4-20(13)27)10-18-22(31)29-24(33)30(23(18)32)17-7-5-16(28)6-8-17/h1-11H,12H2,(H,29,31,33)/b18-10+. The van der Waals surface area contributed by atoms with Crippen LogP contribution in [0.25, 0.3) is 6.08 Å². The summed E-state index contributed by atoms with van der Waals surface area (Å²) in [6, 6.07) is 14.5. The van der Waals surface area contributed by atoms with Crippen LogP contribution in [-0.2, 0) is 16.2 Å². The lowest BCUT2D eigenvalue weighted by molar-refractivity contribution is -0.122. The molecule has 1 saturated heterocycles. The zero-order valence-electron chi connectivity index (χ0n) is 17.2. The molecule has 0 atom stereocenters. The zero-order valence-corrected chi connectivity index (χ0v) is 21.1. The molecule has 0 bridgehead atoms. The minimum Gasteiger partial charge on any atom is -0.487 e. The number of anilines is 1. The van der Waals surface area contributed by atoms with Crippen molar-refractivity contribution < 1.29 is 23.5 Å². The Morgan fingerprint density at radius 2 is 1.74 bits per heavy atom. The Kier molecular flexibility index (Phi) is 7.16. The highest BCUT2D eigenvalue weighted by atomic mass is 79.9. The summed E-state index contributed by atoms with van der Waals surface area (Å²) in [6.45, 7) is 0.135. The highest BCUT2D eigenvalue weighted by molar-refractivity contribution is 9.11. The second-order valence-corrected chi connectivity index (χ2v) is 9.30. The van der Waals surface area contributed by atoms with Crippen molar-refractivity contribution in [2.75, 3.05) is 4.90 Å². The Hall–Kier alpha value is -3.01. The molecule has 1 aliphatic heterocycles. The molecule has 0 saturated carbocycles. The summed E-state index contributed by atoms with van der Waals surface area (Å²) in [6.07, 6.45) is 1.33. The molecule has 34 heavy (non-hydrogen) atoms. The number of imide groups is 2. The first-order valence-corrected chi connectivity index (χ1v) is 11.7. The Morgan fingerprint density at radius 1 is 1.03 bits per heavy atom. The number of benzene rings is 3. The number of nitrogens with zero attached hydrogens (tertiary/aromatic N) is 1. The van der Waals surface area contributed by atoms with E-state index in [1.54, 1.807) is 24.3 Å². The van der Waals surface area contributed by atoms with E-state index < -0.39 is 23.7 Å². The maximum Gasteiger partial charge on any atom is 0.335 e. The number of nitrogens with one attached hydrogen (secondary N) is 1. The number of carbonyl (C=O) groups is 3. The van der Waals surface area contributed by atoms with E-state index in [0.29, 0.717) is 25.3 Å². The van der Waals surface area contributed by atoms with Gasteiger partial charge in [0.25, 0.3) is 11.8 Å². The van der Waals surface area contributed by atoms with Crippen molar-refractivity contribution in [1.29, 1.82) is 0 Å². The number of hydrogen-bond donors (Lipinski definition) is 1. The van der Waals surface area contributed by atoms with E-state index in [2.05, 4.69) is 37.2 Å². The summed E-state index contributed by atoms with van der Waals surface area (Å²) >= 11 is 13.1. The van der Waals surface area contributed by atoms with Gasteiger partial charge in [-0.05, 0) is 64.5 Å². The first kappa shape index (κ1) is 24.1. The molecule has 0 spiro atoms. The monoisotopic (exact) mass is 606 g/mol. The SMILES string of the molecule is O=C1NC(=O)N(c2ccc(F)cc2)C(=O)/C1=C/c1cc(Br)cc(Br)c1OCc1ccccc1Cl. The lowest BCUT2D eigenvalue weighted by Gasteiger charge is -2.26. The van der Waals surface area contributed by atoms with Crippen molar-refractivity contribution in [3.05, 3.63) is 97.1 Å². The third kappa shape index (κ3) is 5.06. The fourth-order valence-electron chi connectivity index (χ4n) is 3.24. The van der Waals surface area contributed by atoms with Gasteiger partial charge in [-0.1, -0.05) is 45.7 Å². The minimum absolute atomic E-state index is 0.118. The van der Waals surface area contributed by atoms with Crippen molar-refractivity contribution in [2.24, 2.45) is 0 Å². The maximum atomic E-state index is 13.3. The molecule has 0 aromatic heterocycles. The average molecular weight is 609 g/mol. The van der Waals surface area contributed by atoms with Crippen LogP contribution in [0.2, 0.25) is 5.02 Å². The molecule has 0 aliphatic carbocycles. The molecular formula is C24H14Br2ClFN2O4. The van der Waals surface area contributed by atoms with Crippen LogP contribution >= 0.6 is 43.5 Å². The Bertz CT molecular complexity index is 1350. The number of amides is 4. The van der Waals surface area contributed by atoms with Crippen LogP contribution in [0, 0.1) is 5.82 Å². The fraction of sp³-hybridized carbons (Fsp3) is 0.0417. The number of barbiturate groups is 1. The molecule has 1 fully saturated rings. The third-order valence-corrected chi connectivity index (χ3v) is 6.27. The predicted octanol–water partition coefficient (Wildman–Crippen LogP) is 6.25. The first-order valence-electron chi connectivity index (χ1n) is 9.77. The van der Waals surface area contributed by atoms with Gasteiger partial charge in [0.05, 0.1) is 10.2 Å². The van der Waals surface area contributed by atoms with Gasteiger partial charge in [-0.3, -0.25) is 14.9 Å². The highest BCUT2D eigenvalue weighted by Crippen LogP contribution is 2.36. The van der Waals surface area contributed by atoms with Crippen LogP contribution in [0.5, 0.6) is 5.75 Å². The summed E-state index contributed by atoms with van der Waals surface area (Å²) in [5.74, 6) is -1.88. The molecular weight excluding hydrogens is 595 g/mol. The van der Waals surface area contributed by atoms with Gasteiger partial charge in [0.2, 0.25) is 0 Å². The van der Waals surface area contributed by atoms with Crippen LogP contribution in [0.1, 0.15) is 11.1 Å². The number of carbonyl (C=O) groups excluding carboxylic acids is 3. The van der Waals surface area contributed by atoms with Gasteiger partial charge in [0, 0.05) is 20.6 Å².